The predicted molar refractivity (Wildman–Crippen MR) is 62.0 cm³/mol. The van der Waals surface area contributed by atoms with Gasteiger partial charge in [-0.05, 0) is 6.42 Å². The normalized spacial score (nSPS) is 11.6. The van der Waals surface area contributed by atoms with Crippen LogP contribution in [0.4, 0.5) is 9.61 Å². The average molecular weight is 246 g/mol. The molecule has 1 heterocycles. The van der Waals surface area contributed by atoms with Crippen molar-refractivity contribution in [3.63, 3.8) is 0 Å². The lowest BCUT2D eigenvalue weighted by atomic mass is 10.2. The van der Waals surface area contributed by atoms with Crippen molar-refractivity contribution in [1.29, 1.82) is 0 Å². The van der Waals surface area contributed by atoms with Crippen molar-refractivity contribution >= 4 is 16.5 Å². The number of hydrogen-bond donors (Lipinski definition) is 2. The van der Waals surface area contributed by atoms with E-state index in [1.54, 1.807) is 13.2 Å². The molecule has 6 nitrogen and oxygen atoms in total. The maximum Gasteiger partial charge on any atom is 0.235 e. The zero-order valence-electron chi connectivity index (χ0n) is 9.22. The summed E-state index contributed by atoms with van der Waals surface area (Å²) in [5.41, 5.74) is 6.35. The van der Waals surface area contributed by atoms with E-state index < -0.39 is 0 Å². The molecule has 1 aromatic heterocycles. The van der Waals surface area contributed by atoms with Crippen LogP contribution >= 0.6 is 11.3 Å². The van der Waals surface area contributed by atoms with Crippen molar-refractivity contribution in [1.82, 2.24) is 15.2 Å². The Bertz CT molecular complexity index is 361. The number of rotatable bonds is 5. The number of aryl methyl sites for hydroxylation is 1. The first-order valence-electron chi connectivity index (χ1n) is 4.64. The van der Waals surface area contributed by atoms with Gasteiger partial charge in [0, 0.05) is 32.4 Å². The third-order valence-electron chi connectivity index (χ3n) is 1.72. The molecule has 90 valence electrons. The molecule has 0 saturated carbocycles. The maximum absolute atomic E-state index is 12.7. The van der Waals surface area contributed by atoms with E-state index >= 15 is 0 Å². The Hall–Kier alpha value is -1.41. The maximum atomic E-state index is 12.7. The summed E-state index contributed by atoms with van der Waals surface area (Å²) in [6, 6.07) is 0. The van der Waals surface area contributed by atoms with E-state index in [-0.39, 0.29) is 5.13 Å². The van der Waals surface area contributed by atoms with Crippen LogP contribution in [0.1, 0.15) is 11.4 Å². The first-order chi connectivity index (χ1) is 7.49. The van der Waals surface area contributed by atoms with Crippen molar-refractivity contribution in [2.24, 2.45) is 11.6 Å². The van der Waals surface area contributed by atoms with Gasteiger partial charge >= 0.3 is 0 Å². The minimum Gasteiger partial charge on any atom is -0.401 e. The number of allylic oxidation sites excluding steroid dienone is 1. The molecular weight excluding hydrogens is 231 g/mol. The Balaban J connectivity index is 2.48. The molecule has 0 aliphatic carbocycles. The second-order valence-electron chi connectivity index (χ2n) is 3.33. The Morgan fingerprint density at radius 1 is 1.50 bits per heavy atom. The van der Waals surface area contributed by atoms with Gasteiger partial charge in [-0.2, -0.15) is 5.12 Å². The van der Waals surface area contributed by atoms with Crippen molar-refractivity contribution in [3.05, 3.63) is 16.9 Å². The Morgan fingerprint density at radius 2 is 2.19 bits per heavy atom. The molecular formula is C8H15FN6S. The second kappa shape index (κ2) is 5.61. The first-order valence-corrected chi connectivity index (χ1v) is 5.46. The number of nitrogens with two attached hydrogens (primary N) is 2. The lowest BCUT2D eigenvalue weighted by molar-refractivity contribution is 0.473. The minimum absolute atomic E-state index is 0.244. The van der Waals surface area contributed by atoms with Crippen molar-refractivity contribution in [3.8, 4) is 0 Å². The monoisotopic (exact) mass is 246 g/mol. The molecule has 16 heavy (non-hydrogen) atoms. The highest BCUT2D eigenvalue weighted by molar-refractivity contribution is 7.15. The van der Waals surface area contributed by atoms with Gasteiger partial charge in [-0.25, -0.2) is 5.84 Å². The van der Waals surface area contributed by atoms with E-state index in [0.29, 0.717) is 23.7 Å². The summed E-state index contributed by atoms with van der Waals surface area (Å²) in [6.07, 6.45) is 2.87. The zero-order valence-corrected chi connectivity index (χ0v) is 10.0. The molecule has 1 rings (SSSR count). The highest BCUT2D eigenvalue weighted by Gasteiger charge is 2.07. The fourth-order valence-electron chi connectivity index (χ4n) is 1.05. The van der Waals surface area contributed by atoms with Crippen LogP contribution in [0.25, 0.3) is 0 Å². The number of halogens is 1. The third-order valence-corrected chi connectivity index (χ3v) is 2.75. The van der Waals surface area contributed by atoms with Crippen LogP contribution in [-0.4, -0.2) is 29.3 Å². The lowest BCUT2D eigenvalue weighted by Gasteiger charge is -2.06. The molecule has 0 fully saturated rings. The van der Waals surface area contributed by atoms with Gasteiger partial charge in [-0.15, -0.1) is 10.2 Å². The fraction of sp³-hybridized carbons (Fsp3) is 0.500. The first kappa shape index (κ1) is 12.7. The number of anilines is 1. The van der Waals surface area contributed by atoms with Crippen LogP contribution in [0, 0.1) is 0 Å². The Labute approximate surface area is 97.2 Å². The minimum atomic E-state index is 0.244. The summed E-state index contributed by atoms with van der Waals surface area (Å²) in [6.45, 7) is 0. The third kappa shape index (κ3) is 3.99. The van der Waals surface area contributed by atoms with E-state index in [0.717, 1.165) is 5.01 Å². The van der Waals surface area contributed by atoms with Gasteiger partial charge in [-0.1, -0.05) is 15.8 Å². The van der Waals surface area contributed by atoms with E-state index in [2.05, 4.69) is 10.2 Å². The van der Waals surface area contributed by atoms with E-state index in [1.165, 1.54) is 23.4 Å². The van der Waals surface area contributed by atoms with Gasteiger partial charge in [0.05, 0.1) is 0 Å². The summed E-state index contributed by atoms with van der Waals surface area (Å²) in [5, 5.41) is 10.3. The van der Waals surface area contributed by atoms with Gasteiger partial charge in [0.1, 0.15) is 5.01 Å². The van der Waals surface area contributed by atoms with Gasteiger partial charge in [0.2, 0.25) is 5.13 Å². The SMILES string of the molecule is CN(N)/C=C(\N)CCc1nnc(N(C)F)s1. The summed E-state index contributed by atoms with van der Waals surface area (Å²) in [4.78, 5) is 0. The Kier molecular flexibility index (Phi) is 4.44. The van der Waals surface area contributed by atoms with Gasteiger partial charge in [-0.3, -0.25) is 0 Å². The molecule has 0 atom stereocenters. The largest absolute Gasteiger partial charge is 0.401 e. The van der Waals surface area contributed by atoms with Crippen molar-refractivity contribution < 1.29 is 4.48 Å². The highest BCUT2D eigenvalue weighted by Crippen LogP contribution is 2.20. The summed E-state index contributed by atoms with van der Waals surface area (Å²) in [5.74, 6) is 5.40. The molecule has 0 aliphatic heterocycles. The highest BCUT2D eigenvalue weighted by atomic mass is 32.1. The average Bonchev–Trinajstić information content (AvgIpc) is 2.61. The van der Waals surface area contributed by atoms with Crippen LogP contribution in [0.5, 0.6) is 0 Å². The van der Waals surface area contributed by atoms with Crippen LogP contribution in [0.2, 0.25) is 0 Å². The van der Waals surface area contributed by atoms with Gasteiger partial charge in [0.25, 0.3) is 0 Å². The summed E-state index contributed by atoms with van der Waals surface area (Å²) >= 11 is 1.20. The molecule has 0 bridgehead atoms. The van der Waals surface area contributed by atoms with Crippen LogP contribution < -0.4 is 16.7 Å². The van der Waals surface area contributed by atoms with Crippen molar-refractivity contribution in [2.75, 3.05) is 19.2 Å². The number of nitrogens with zero attached hydrogens (tertiary/aromatic N) is 4. The predicted octanol–water partition coefficient (Wildman–Crippen LogP) is 0.397. The summed E-state index contributed by atoms with van der Waals surface area (Å²) in [7, 11) is 2.97. The van der Waals surface area contributed by atoms with Crippen LogP contribution in [0.3, 0.4) is 0 Å². The molecule has 0 aliphatic rings. The quantitative estimate of drug-likeness (QED) is 0.444. The fourth-order valence-corrected chi connectivity index (χ4v) is 1.75. The van der Waals surface area contributed by atoms with E-state index in [9.17, 15) is 4.48 Å². The molecule has 1 aromatic rings. The van der Waals surface area contributed by atoms with Crippen molar-refractivity contribution in [2.45, 2.75) is 12.8 Å². The van der Waals surface area contributed by atoms with Crippen LogP contribution in [-0.2, 0) is 6.42 Å². The number of hydrogen-bond acceptors (Lipinski definition) is 7. The second-order valence-corrected chi connectivity index (χ2v) is 4.37. The van der Waals surface area contributed by atoms with Gasteiger partial charge < -0.3 is 10.7 Å². The molecule has 4 N–H and O–H groups in total. The molecule has 0 spiro atoms. The standard InChI is InChI=1S/C8H15FN6S/c1-14(11)5-6(10)3-4-7-12-13-8(16-7)15(2)9/h5H,3-4,10-11H2,1-2H3/b6-5-. The van der Waals surface area contributed by atoms with Gasteiger partial charge in [0.15, 0.2) is 0 Å². The molecule has 0 amide bonds. The van der Waals surface area contributed by atoms with E-state index in [1.807, 2.05) is 0 Å². The molecule has 0 aromatic carbocycles. The molecule has 0 saturated heterocycles. The number of hydrazine groups is 1. The smallest absolute Gasteiger partial charge is 0.235 e. The zero-order chi connectivity index (χ0) is 12.1. The van der Waals surface area contributed by atoms with E-state index in [4.69, 9.17) is 11.6 Å². The lowest BCUT2D eigenvalue weighted by Crippen LogP contribution is -2.21. The molecule has 0 radical (unpaired) electrons. The molecule has 8 heteroatoms. The summed E-state index contributed by atoms with van der Waals surface area (Å²) < 4.78 is 12.7. The topological polar surface area (TPSA) is 84.3 Å². The number of aromatic nitrogens is 2. The Morgan fingerprint density at radius 3 is 2.69 bits per heavy atom. The molecule has 0 unspecified atom stereocenters. The van der Waals surface area contributed by atoms with Crippen LogP contribution in [0.15, 0.2) is 11.9 Å².